The molecule has 0 saturated carbocycles. The minimum atomic E-state index is -1.01. The van der Waals surface area contributed by atoms with Crippen LogP contribution in [-0.2, 0) is 11.2 Å². The molecular weight excluding hydrogens is 456 g/mol. The van der Waals surface area contributed by atoms with E-state index in [1.54, 1.807) is 43.6 Å². The standard InChI is InChI=1S/C25H24N2O6S/c1-3-18-22(25(29)30)16-7-6-15(11-20(16)33-18)32-19-8-9-26-17-12-21(34-23(17)19)24(28)27-10-4-5-14(27)13-31-2/h6-9,11-12,14H,3-5,10,13H2,1-2H3,(H,29,30). The lowest BCUT2D eigenvalue weighted by molar-refractivity contribution is 0.0634. The van der Waals surface area contributed by atoms with E-state index < -0.39 is 5.97 Å². The van der Waals surface area contributed by atoms with Crippen molar-refractivity contribution in [1.29, 1.82) is 0 Å². The van der Waals surface area contributed by atoms with E-state index in [9.17, 15) is 14.7 Å². The largest absolute Gasteiger partial charge is 0.478 e. The number of amides is 1. The van der Waals surface area contributed by atoms with E-state index in [0.29, 0.717) is 51.7 Å². The van der Waals surface area contributed by atoms with Crippen LogP contribution >= 0.6 is 11.3 Å². The number of methoxy groups -OCH3 is 1. The van der Waals surface area contributed by atoms with Crippen molar-refractivity contribution in [2.24, 2.45) is 0 Å². The highest BCUT2D eigenvalue weighted by Crippen LogP contribution is 2.37. The molecule has 1 aliphatic heterocycles. The van der Waals surface area contributed by atoms with Crippen molar-refractivity contribution in [1.82, 2.24) is 9.88 Å². The Morgan fingerprint density at radius 1 is 1.29 bits per heavy atom. The van der Waals surface area contributed by atoms with Crippen LogP contribution in [0.4, 0.5) is 0 Å². The Balaban J connectivity index is 1.46. The fourth-order valence-corrected chi connectivity index (χ4v) is 5.53. The number of thiophene rings is 1. The Labute approximate surface area is 199 Å². The number of carbonyl (C=O) groups is 2. The van der Waals surface area contributed by atoms with Crippen LogP contribution in [0.1, 0.15) is 45.6 Å². The molecule has 3 aromatic heterocycles. The third kappa shape index (κ3) is 3.91. The molecule has 1 fully saturated rings. The zero-order chi connectivity index (χ0) is 23.8. The number of benzene rings is 1. The number of fused-ring (bicyclic) bond motifs is 2. The molecule has 8 nitrogen and oxygen atoms in total. The van der Waals surface area contributed by atoms with Gasteiger partial charge in [0.1, 0.15) is 28.4 Å². The minimum absolute atomic E-state index is 0.0150. The molecular formula is C25H24N2O6S. The number of likely N-dealkylation sites (tertiary alicyclic amines) is 1. The van der Waals surface area contributed by atoms with E-state index in [1.807, 2.05) is 11.8 Å². The average Bonchev–Trinajstić information content (AvgIpc) is 3.55. The Hall–Kier alpha value is -3.43. The summed E-state index contributed by atoms with van der Waals surface area (Å²) in [6.07, 6.45) is 4.03. The summed E-state index contributed by atoms with van der Waals surface area (Å²) in [5, 5.41) is 10.1. The monoisotopic (exact) mass is 480 g/mol. The van der Waals surface area contributed by atoms with Gasteiger partial charge in [0, 0.05) is 43.8 Å². The molecule has 4 heterocycles. The number of rotatable bonds is 7. The van der Waals surface area contributed by atoms with Crippen LogP contribution in [0.3, 0.4) is 0 Å². The quantitative estimate of drug-likeness (QED) is 0.381. The summed E-state index contributed by atoms with van der Waals surface area (Å²) in [5.41, 5.74) is 1.33. The third-order valence-electron chi connectivity index (χ3n) is 6.08. The molecule has 1 aromatic carbocycles. The molecule has 1 atom stereocenters. The van der Waals surface area contributed by atoms with E-state index in [-0.39, 0.29) is 17.5 Å². The van der Waals surface area contributed by atoms with Crippen molar-refractivity contribution < 1.29 is 28.6 Å². The lowest BCUT2D eigenvalue weighted by atomic mass is 10.1. The maximum absolute atomic E-state index is 13.2. The van der Waals surface area contributed by atoms with E-state index in [0.717, 1.165) is 24.1 Å². The first kappa shape index (κ1) is 22.4. The lowest BCUT2D eigenvalue weighted by Gasteiger charge is -2.23. The van der Waals surface area contributed by atoms with Crippen molar-refractivity contribution in [2.45, 2.75) is 32.2 Å². The molecule has 4 aromatic rings. The summed E-state index contributed by atoms with van der Waals surface area (Å²) in [6, 6.07) is 8.75. The van der Waals surface area contributed by atoms with E-state index in [2.05, 4.69) is 4.98 Å². The Kier molecular flexibility index (Phi) is 5.97. The smallest absolute Gasteiger partial charge is 0.339 e. The highest BCUT2D eigenvalue weighted by atomic mass is 32.1. The number of carboxylic acid groups (broad SMARTS) is 1. The molecule has 1 unspecified atom stereocenters. The van der Waals surface area contributed by atoms with Gasteiger partial charge in [-0.15, -0.1) is 11.3 Å². The summed E-state index contributed by atoms with van der Waals surface area (Å²) in [5.74, 6) is 0.486. The first-order chi connectivity index (χ1) is 16.5. The number of pyridine rings is 1. The number of aromatic nitrogens is 1. The van der Waals surface area contributed by atoms with Gasteiger partial charge >= 0.3 is 5.97 Å². The average molecular weight is 481 g/mol. The van der Waals surface area contributed by atoms with Crippen LogP contribution in [0.2, 0.25) is 0 Å². The fraction of sp³-hybridized carbons (Fsp3) is 0.320. The molecule has 1 saturated heterocycles. The Bertz CT molecular complexity index is 1390. The van der Waals surface area contributed by atoms with Crippen molar-refractivity contribution in [3.8, 4) is 11.5 Å². The van der Waals surface area contributed by atoms with Gasteiger partial charge in [0.15, 0.2) is 0 Å². The van der Waals surface area contributed by atoms with Crippen LogP contribution in [0.5, 0.6) is 11.5 Å². The molecule has 1 aliphatic rings. The predicted octanol–water partition coefficient (Wildman–Crippen LogP) is 5.35. The van der Waals surface area contributed by atoms with Gasteiger partial charge < -0.3 is 23.9 Å². The van der Waals surface area contributed by atoms with Gasteiger partial charge in [0.2, 0.25) is 0 Å². The number of aryl methyl sites for hydroxylation is 1. The second-order valence-corrected chi connectivity index (χ2v) is 9.26. The maximum Gasteiger partial charge on any atom is 0.339 e. The van der Waals surface area contributed by atoms with Gasteiger partial charge in [-0.25, -0.2) is 4.79 Å². The molecule has 0 bridgehead atoms. The number of carbonyl (C=O) groups excluding carboxylic acids is 1. The van der Waals surface area contributed by atoms with Gasteiger partial charge in [-0.3, -0.25) is 9.78 Å². The van der Waals surface area contributed by atoms with Crippen molar-refractivity contribution in [2.75, 3.05) is 20.3 Å². The minimum Gasteiger partial charge on any atom is -0.478 e. The van der Waals surface area contributed by atoms with Crippen molar-refractivity contribution in [3.63, 3.8) is 0 Å². The number of nitrogens with zero attached hydrogens (tertiary/aromatic N) is 2. The van der Waals surface area contributed by atoms with Crippen molar-refractivity contribution in [3.05, 3.63) is 52.7 Å². The van der Waals surface area contributed by atoms with Gasteiger partial charge in [0.25, 0.3) is 5.91 Å². The summed E-state index contributed by atoms with van der Waals surface area (Å²) in [7, 11) is 1.65. The van der Waals surface area contributed by atoms with Crippen LogP contribution < -0.4 is 4.74 Å². The number of hydrogen-bond donors (Lipinski definition) is 1. The van der Waals surface area contributed by atoms with E-state index in [4.69, 9.17) is 13.9 Å². The second-order valence-electron chi connectivity index (χ2n) is 8.20. The topological polar surface area (TPSA) is 102 Å². The molecule has 0 aliphatic carbocycles. The number of hydrogen-bond acceptors (Lipinski definition) is 7. The molecule has 1 N–H and O–H groups in total. The zero-order valence-corrected chi connectivity index (χ0v) is 19.7. The molecule has 5 rings (SSSR count). The molecule has 0 radical (unpaired) electrons. The van der Waals surface area contributed by atoms with Crippen molar-refractivity contribution >= 4 is 44.4 Å². The van der Waals surface area contributed by atoms with Crippen LogP contribution in [-0.4, -0.2) is 53.2 Å². The first-order valence-electron chi connectivity index (χ1n) is 11.1. The summed E-state index contributed by atoms with van der Waals surface area (Å²) in [4.78, 5) is 31.7. The number of aromatic carboxylic acids is 1. The highest BCUT2D eigenvalue weighted by molar-refractivity contribution is 7.21. The molecule has 9 heteroatoms. The number of carboxylic acids is 1. The number of furan rings is 1. The van der Waals surface area contributed by atoms with Crippen LogP contribution in [0, 0.1) is 0 Å². The van der Waals surface area contributed by atoms with E-state index in [1.165, 1.54) is 11.3 Å². The summed E-state index contributed by atoms with van der Waals surface area (Å²) >= 11 is 1.36. The predicted molar refractivity (Wildman–Crippen MR) is 128 cm³/mol. The normalized spacial score (nSPS) is 15.9. The molecule has 34 heavy (non-hydrogen) atoms. The van der Waals surface area contributed by atoms with Gasteiger partial charge in [-0.1, -0.05) is 6.92 Å². The second kappa shape index (κ2) is 9.08. The maximum atomic E-state index is 13.2. The van der Waals surface area contributed by atoms with Gasteiger partial charge in [0.05, 0.1) is 27.7 Å². The highest BCUT2D eigenvalue weighted by Gasteiger charge is 2.30. The molecule has 1 amide bonds. The third-order valence-corrected chi connectivity index (χ3v) is 7.21. The van der Waals surface area contributed by atoms with Crippen LogP contribution in [0.25, 0.3) is 21.2 Å². The van der Waals surface area contributed by atoms with E-state index >= 15 is 0 Å². The fourth-order valence-electron chi connectivity index (χ4n) is 4.51. The first-order valence-corrected chi connectivity index (χ1v) is 12.0. The lowest BCUT2D eigenvalue weighted by Crippen LogP contribution is -2.37. The number of ether oxygens (including phenoxy) is 2. The molecule has 176 valence electrons. The Morgan fingerprint density at radius 2 is 2.15 bits per heavy atom. The Morgan fingerprint density at radius 3 is 2.91 bits per heavy atom. The summed E-state index contributed by atoms with van der Waals surface area (Å²) in [6.45, 7) is 3.10. The SMILES string of the molecule is CCc1oc2cc(Oc3ccnc4cc(C(=O)N5CCCC5COC)sc34)ccc2c1C(=O)O. The van der Waals surface area contributed by atoms with Crippen LogP contribution in [0.15, 0.2) is 40.9 Å². The van der Waals surface area contributed by atoms with Gasteiger partial charge in [-0.05, 0) is 31.0 Å². The van der Waals surface area contributed by atoms with Gasteiger partial charge in [-0.2, -0.15) is 0 Å². The zero-order valence-electron chi connectivity index (χ0n) is 18.9. The summed E-state index contributed by atoms with van der Waals surface area (Å²) < 4.78 is 18.0. The molecule has 0 spiro atoms.